The van der Waals surface area contributed by atoms with Crippen LogP contribution >= 0.6 is 0 Å². The first-order valence-electron chi connectivity index (χ1n) is 8.33. The molecular weight excluding hydrogens is 268 g/mol. The molecule has 2 rings (SSSR count). The molecule has 1 aromatic rings. The summed E-state index contributed by atoms with van der Waals surface area (Å²) in [5.74, 6) is 1.56. The predicted octanol–water partition coefficient (Wildman–Crippen LogP) is 5.16. The second-order valence-corrected chi connectivity index (χ2v) is 7.16. The molecule has 120 valence electrons. The first kappa shape index (κ1) is 16.8. The lowest BCUT2D eigenvalue weighted by Crippen LogP contribution is -2.47. The predicted molar refractivity (Wildman–Crippen MR) is 96.5 cm³/mol. The number of aliphatic imine (C=N–C) groups is 1. The van der Waals surface area contributed by atoms with Crippen LogP contribution in [0.5, 0.6) is 0 Å². The summed E-state index contributed by atoms with van der Waals surface area (Å²) in [5, 5.41) is 0. The van der Waals surface area contributed by atoms with E-state index in [9.17, 15) is 0 Å². The fourth-order valence-electron chi connectivity index (χ4n) is 3.71. The number of rotatable bonds is 1. The summed E-state index contributed by atoms with van der Waals surface area (Å²) in [4.78, 5) is 7.43. The zero-order valence-electron chi connectivity index (χ0n) is 15.1. The quantitative estimate of drug-likeness (QED) is 0.699. The molecule has 0 spiro atoms. The number of allylic oxidation sites excluding steroid dienone is 2. The Balaban J connectivity index is 2.62. The summed E-state index contributed by atoms with van der Waals surface area (Å²) in [6.45, 7) is 15.6. The Labute approximate surface area is 136 Å². The van der Waals surface area contributed by atoms with Crippen molar-refractivity contribution in [2.24, 2.45) is 4.99 Å². The normalized spacial score (nSPS) is 25.7. The van der Waals surface area contributed by atoms with E-state index in [1.54, 1.807) is 0 Å². The summed E-state index contributed by atoms with van der Waals surface area (Å²) < 4.78 is 0. The first-order chi connectivity index (χ1) is 10.3. The number of benzene rings is 1. The van der Waals surface area contributed by atoms with E-state index in [4.69, 9.17) is 4.99 Å². The second-order valence-electron chi connectivity index (χ2n) is 7.16. The highest BCUT2D eigenvalue weighted by atomic mass is 15.2. The van der Waals surface area contributed by atoms with E-state index in [0.29, 0.717) is 5.92 Å². The molecule has 0 bridgehead atoms. The van der Waals surface area contributed by atoms with Crippen LogP contribution in [0.4, 0.5) is 0 Å². The molecule has 1 heterocycles. The van der Waals surface area contributed by atoms with Gasteiger partial charge in [0.2, 0.25) is 0 Å². The Morgan fingerprint density at radius 1 is 1.27 bits per heavy atom. The molecule has 0 radical (unpaired) electrons. The molecule has 0 fully saturated rings. The van der Waals surface area contributed by atoms with E-state index in [-0.39, 0.29) is 11.6 Å². The first-order valence-corrected chi connectivity index (χ1v) is 8.33. The van der Waals surface area contributed by atoms with Crippen molar-refractivity contribution >= 4 is 5.84 Å². The van der Waals surface area contributed by atoms with Crippen molar-refractivity contribution in [2.45, 2.75) is 72.4 Å². The molecule has 1 aliphatic heterocycles. The van der Waals surface area contributed by atoms with Gasteiger partial charge in [0.25, 0.3) is 0 Å². The molecule has 0 amide bonds. The van der Waals surface area contributed by atoms with Crippen molar-refractivity contribution in [2.75, 3.05) is 0 Å². The molecule has 2 nitrogen and oxygen atoms in total. The lowest BCUT2D eigenvalue weighted by molar-refractivity contribution is 0.259. The molecule has 2 atom stereocenters. The second kappa shape index (κ2) is 6.28. The van der Waals surface area contributed by atoms with Crippen LogP contribution < -0.4 is 0 Å². The lowest BCUT2D eigenvalue weighted by atomic mass is 9.85. The summed E-state index contributed by atoms with van der Waals surface area (Å²) >= 11 is 0. The van der Waals surface area contributed by atoms with Crippen molar-refractivity contribution in [3.63, 3.8) is 0 Å². The van der Waals surface area contributed by atoms with Crippen LogP contribution in [-0.2, 0) is 6.42 Å². The Kier molecular flexibility index (Phi) is 4.79. The van der Waals surface area contributed by atoms with Crippen LogP contribution in [0.25, 0.3) is 0 Å². The Morgan fingerprint density at radius 3 is 2.55 bits per heavy atom. The minimum absolute atomic E-state index is 0.00403. The molecule has 0 saturated carbocycles. The topological polar surface area (TPSA) is 15.6 Å². The number of hydrogen-bond acceptors (Lipinski definition) is 2. The average Bonchev–Trinajstić information content (AvgIpc) is 2.47. The third kappa shape index (κ3) is 3.11. The molecule has 1 aliphatic rings. The van der Waals surface area contributed by atoms with E-state index in [2.05, 4.69) is 83.7 Å². The number of nitrogens with zero attached hydrogens (tertiary/aromatic N) is 2. The average molecular weight is 298 g/mol. The molecule has 0 N–H and O–H groups in total. The fraction of sp³-hybridized carbons (Fsp3) is 0.550. The monoisotopic (exact) mass is 298 g/mol. The van der Waals surface area contributed by atoms with Crippen LogP contribution in [0.1, 0.15) is 65.5 Å². The van der Waals surface area contributed by atoms with Gasteiger partial charge in [-0.05, 0) is 59.1 Å². The van der Waals surface area contributed by atoms with E-state index < -0.39 is 0 Å². The molecule has 1 aromatic carbocycles. The van der Waals surface area contributed by atoms with Crippen molar-refractivity contribution in [3.8, 4) is 0 Å². The molecule has 0 saturated heterocycles. The molecule has 0 aliphatic carbocycles. The minimum atomic E-state index is 0.00403. The molecular formula is C20H30N2. The fourth-order valence-corrected chi connectivity index (χ4v) is 3.71. The van der Waals surface area contributed by atoms with Gasteiger partial charge in [-0.3, -0.25) is 4.99 Å². The lowest BCUT2D eigenvalue weighted by Gasteiger charge is -2.41. The third-order valence-corrected chi connectivity index (χ3v) is 4.98. The van der Waals surface area contributed by atoms with E-state index >= 15 is 0 Å². The van der Waals surface area contributed by atoms with Gasteiger partial charge in [0.1, 0.15) is 5.84 Å². The van der Waals surface area contributed by atoms with E-state index in [1.165, 1.54) is 16.8 Å². The maximum Gasteiger partial charge on any atom is 0.101 e. The Morgan fingerprint density at radius 2 is 1.91 bits per heavy atom. The van der Waals surface area contributed by atoms with Gasteiger partial charge >= 0.3 is 0 Å². The van der Waals surface area contributed by atoms with Crippen molar-refractivity contribution in [1.29, 1.82) is 0 Å². The van der Waals surface area contributed by atoms with Gasteiger partial charge in [0, 0.05) is 17.2 Å². The van der Waals surface area contributed by atoms with Gasteiger partial charge in [-0.2, -0.15) is 0 Å². The molecule has 22 heavy (non-hydrogen) atoms. The smallest absolute Gasteiger partial charge is 0.101 e. The van der Waals surface area contributed by atoms with Crippen LogP contribution in [0, 0.1) is 0 Å². The van der Waals surface area contributed by atoms with Crippen molar-refractivity contribution in [3.05, 3.63) is 47.2 Å². The zero-order chi connectivity index (χ0) is 16.5. The van der Waals surface area contributed by atoms with Crippen LogP contribution in [-0.4, -0.2) is 22.3 Å². The number of amidine groups is 1. The van der Waals surface area contributed by atoms with Crippen LogP contribution in [0.15, 0.2) is 41.0 Å². The van der Waals surface area contributed by atoms with Gasteiger partial charge in [-0.1, -0.05) is 37.3 Å². The van der Waals surface area contributed by atoms with Gasteiger partial charge in [0.05, 0.1) is 6.04 Å². The Bertz CT molecular complexity index is 595. The maximum absolute atomic E-state index is 5.02. The number of hydrogen-bond donors (Lipinski definition) is 0. The highest BCUT2D eigenvalue weighted by molar-refractivity contribution is 5.82. The van der Waals surface area contributed by atoms with Gasteiger partial charge < -0.3 is 4.90 Å². The van der Waals surface area contributed by atoms with Gasteiger partial charge in [-0.15, -0.1) is 0 Å². The number of fused-ring (bicyclic) bond motifs is 1. The minimum Gasteiger partial charge on any atom is -0.329 e. The van der Waals surface area contributed by atoms with E-state index in [1.807, 2.05) is 0 Å². The van der Waals surface area contributed by atoms with Crippen LogP contribution in [0.3, 0.4) is 0 Å². The van der Waals surface area contributed by atoms with Crippen LogP contribution in [0.2, 0.25) is 0 Å². The summed E-state index contributed by atoms with van der Waals surface area (Å²) in [7, 11) is 0. The van der Waals surface area contributed by atoms with Gasteiger partial charge in [-0.25, -0.2) is 0 Å². The summed E-state index contributed by atoms with van der Waals surface area (Å²) in [6, 6.07) is 9.14. The molecule has 2 unspecified atom stereocenters. The summed E-state index contributed by atoms with van der Waals surface area (Å²) in [6.07, 6.45) is 3.21. The van der Waals surface area contributed by atoms with Crippen molar-refractivity contribution in [1.82, 2.24) is 4.90 Å². The standard InChI is InChI=1S/C20H30N2/c1-8-14(2)22-17(5)21-16(4)15(3)19-12-10-9-11-18(19)13-20(22,6)7/h8-12,15-16H,13H2,1-7H3/b14-8-,21-17?. The summed E-state index contributed by atoms with van der Waals surface area (Å²) in [5.41, 5.74) is 4.17. The molecule has 2 heteroatoms. The van der Waals surface area contributed by atoms with Gasteiger partial charge in [0.15, 0.2) is 0 Å². The zero-order valence-corrected chi connectivity index (χ0v) is 15.1. The maximum atomic E-state index is 5.02. The largest absolute Gasteiger partial charge is 0.329 e. The highest BCUT2D eigenvalue weighted by Gasteiger charge is 2.32. The van der Waals surface area contributed by atoms with Crippen molar-refractivity contribution < 1.29 is 0 Å². The Hall–Kier alpha value is -1.57. The highest BCUT2D eigenvalue weighted by Crippen LogP contribution is 2.33. The molecule has 0 aromatic heterocycles. The van der Waals surface area contributed by atoms with E-state index in [0.717, 1.165) is 12.3 Å². The SMILES string of the molecule is C/C=C(/C)N1C(C)=NC(C)C(C)c2ccccc2CC1(C)C. The third-order valence-electron chi connectivity index (χ3n) is 4.98.